The van der Waals surface area contributed by atoms with Gasteiger partial charge in [-0.05, 0) is 24.6 Å². The number of esters is 1. The Balaban J connectivity index is 2.64. The molecule has 0 radical (unpaired) electrons. The van der Waals surface area contributed by atoms with Crippen molar-refractivity contribution in [2.24, 2.45) is 0 Å². The molecule has 0 spiro atoms. The van der Waals surface area contributed by atoms with Gasteiger partial charge >= 0.3 is 12.1 Å². The summed E-state index contributed by atoms with van der Waals surface area (Å²) in [4.78, 5) is 16.3. The normalized spacial score (nSPS) is 12.3. The summed E-state index contributed by atoms with van der Waals surface area (Å²) in [5.74, 6) is -0.0926. The Morgan fingerprint density at radius 1 is 1.27 bits per heavy atom. The number of nitrogens with zero attached hydrogens (tertiary/aromatic N) is 2. The van der Waals surface area contributed by atoms with Crippen LogP contribution >= 0.6 is 15.9 Å². The van der Waals surface area contributed by atoms with Crippen LogP contribution in [0.15, 0.2) is 22.7 Å². The highest BCUT2D eigenvalue weighted by atomic mass is 79.9. The van der Waals surface area contributed by atoms with E-state index in [1.165, 1.54) is 13.2 Å². The molecule has 0 N–H and O–H groups in total. The molecular formula is C18H20BrF3N2O2. The maximum atomic E-state index is 13.4. The molecule has 0 aliphatic heterocycles. The van der Waals surface area contributed by atoms with Crippen LogP contribution in [0.3, 0.4) is 0 Å². The van der Waals surface area contributed by atoms with Crippen molar-refractivity contribution < 1.29 is 22.7 Å². The maximum absolute atomic E-state index is 13.4. The quantitative estimate of drug-likeness (QED) is 0.633. The largest absolute Gasteiger partial charge is 0.464 e. The summed E-state index contributed by atoms with van der Waals surface area (Å²) in [5, 5.41) is 0. The highest BCUT2D eigenvalue weighted by Crippen LogP contribution is 2.35. The van der Waals surface area contributed by atoms with Gasteiger partial charge in [0.15, 0.2) is 5.69 Å². The van der Waals surface area contributed by atoms with Crippen LogP contribution < -0.4 is 0 Å². The summed E-state index contributed by atoms with van der Waals surface area (Å²) >= 11 is 3.09. The molecular weight excluding hydrogens is 413 g/mol. The Hall–Kier alpha value is -1.83. The third kappa shape index (κ3) is 4.11. The van der Waals surface area contributed by atoms with Crippen LogP contribution in [0.1, 0.15) is 53.9 Å². The van der Waals surface area contributed by atoms with Gasteiger partial charge < -0.3 is 9.30 Å². The molecule has 0 saturated heterocycles. The molecule has 8 heteroatoms. The van der Waals surface area contributed by atoms with Gasteiger partial charge in [-0.25, -0.2) is 9.78 Å². The fraction of sp³-hybridized carbons (Fsp3) is 0.444. The molecule has 4 nitrogen and oxygen atoms in total. The first kappa shape index (κ1) is 20.5. The van der Waals surface area contributed by atoms with E-state index in [2.05, 4.69) is 20.9 Å². The van der Waals surface area contributed by atoms with Crippen LogP contribution in [-0.2, 0) is 22.9 Å². The molecule has 0 amide bonds. The van der Waals surface area contributed by atoms with E-state index in [4.69, 9.17) is 4.74 Å². The van der Waals surface area contributed by atoms with Crippen LogP contribution in [0.4, 0.5) is 13.2 Å². The second kappa shape index (κ2) is 7.06. The minimum Gasteiger partial charge on any atom is -0.464 e. The average Bonchev–Trinajstić information content (AvgIpc) is 2.84. The van der Waals surface area contributed by atoms with Gasteiger partial charge in [0, 0.05) is 22.1 Å². The Labute approximate surface area is 158 Å². The average molecular weight is 433 g/mol. The number of imidazole rings is 1. The zero-order valence-corrected chi connectivity index (χ0v) is 16.7. The van der Waals surface area contributed by atoms with E-state index >= 15 is 0 Å². The number of halogens is 4. The number of methoxy groups -OCH3 is 1. The number of alkyl halides is 3. The molecule has 0 unspecified atom stereocenters. The summed E-state index contributed by atoms with van der Waals surface area (Å²) < 4.78 is 47.0. The molecule has 0 bridgehead atoms. The lowest BCUT2D eigenvalue weighted by molar-refractivity contribution is -0.138. The summed E-state index contributed by atoms with van der Waals surface area (Å²) in [6, 6.07) is 4.05. The zero-order valence-electron chi connectivity index (χ0n) is 15.2. The smallest absolute Gasteiger partial charge is 0.416 e. The standard InChI is InChI=1S/C18H20BrF3N2O2/c1-10-14(15(25)26-5)23-16(17(2,3)4)24(10)9-11-6-7-12(19)8-13(11)18(20,21)22/h6-8H,9H2,1-5H3. The number of aromatic nitrogens is 2. The number of carbonyl (C=O) groups is 1. The Kier molecular flexibility index (Phi) is 5.56. The van der Waals surface area contributed by atoms with E-state index in [-0.39, 0.29) is 17.8 Å². The molecule has 2 aromatic rings. The summed E-state index contributed by atoms with van der Waals surface area (Å²) in [6.45, 7) is 7.26. The van der Waals surface area contributed by atoms with E-state index < -0.39 is 23.1 Å². The van der Waals surface area contributed by atoms with E-state index in [1.54, 1.807) is 17.6 Å². The minimum absolute atomic E-state index is 0.0510. The highest BCUT2D eigenvalue weighted by molar-refractivity contribution is 9.10. The molecule has 0 atom stereocenters. The lowest BCUT2D eigenvalue weighted by atomic mass is 9.95. The SMILES string of the molecule is COC(=O)c1nc(C(C)(C)C)n(Cc2ccc(Br)cc2C(F)(F)F)c1C. The lowest BCUT2D eigenvalue weighted by Gasteiger charge is -2.22. The Morgan fingerprint density at radius 2 is 1.88 bits per heavy atom. The van der Waals surface area contributed by atoms with Gasteiger partial charge in [-0.2, -0.15) is 13.2 Å². The molecule has 26 heavy (non-hydrogen) atoms. The summed E-state index contributed by atoms with van der Waals surface area (Å²) in [5.41, 5.74) is -0.506. The van der Waals surface area contributed by atoms with Crippen molar-refractivity contribution in [2.75, 3.05) is 7.11 Å². The van der Waals surface area contributed by atoms with E-state index in [1.807, 2.05) is 20.8 Å². The predicted molar refractivity (Wildman–Crippen MR) is 95.2 cm³/mol. The highest BCUT2D eigenvalue weighted by Gasteiger charge is 2.34. The minimum atomic E-state index is -4.49. The zero-order chi connectivity index (χ0) is 19.9. The van der Waals surface area contributed by atoms with Crippen molar-refractivity contribution >= 4 is 21.9 Å². The van der Waals surface area contributed by atoms with Crippen molar-refractivity contribution in [3.63, 3.8) is 0 Å². The van der Waals surface area contributed by atoms with Gasteiger partial charge in [0.25, 0.3) is 0 Å². The summed E-state index contributed by atoms with van der Waals surface area (Å²) in [7, 11) is 1.24. The Bertz CT molecular complexity index is 836. The third-order valence-electron chi connectivity index (χ3n) is 3.98. The van der Waals surface area contributed by atoms with Crippen LogP contribution in [0, 0.1) is 6.92 Å². The number of ether oxygens (including phenoxy) is 1. The molecule has 0 aliphatic carbocycles. The number of hydrogen-bond acceptors (Lipinski definition) is 3. The van der Waals surface area contributed by atoms with Crippen LogP contribution in [0.2, 0.25) is 0 Å². The first-order valence-electron chi connectivity index (χ1n) is 7.87. The molecule has 1 aromatic heterocycles. The predicted octanol–water partition coefficient (Wildman–Crippen LogP) is 5.11. The van der Waals surface area contributed by atoms with Crippen molar-refractivity contribution in [3.05, 3.63) is 51.0 Å². The molecule has 0 aliphatic rings. The van der Waals surface area contributed by atoms with Gasteiger partial charge in [0.1, 0.15) is 5.82 Å². The van der Waals surface area contributed by atoms with Crippen molar-refractivity contribution in [1.29, 1.82) is 0 Å². The van der Waals surface area contributed by atoms with E-state index in [0.29, 0.717) is 16.0 Å². The maximum Gasteiger partial charge on any atom is 0.416 e. The second-order valence-electron chi connectivity index (χ2n) is 7.00. The number of carbonyl (C=O) groups excluding carboxylic acids is 1. The fourth-order valence-corrected chi connectivity index (χ4v) is 3.07. The molecule has 1 heterocycles. The molecule has 0 fully saturated rings. The molecule has 142 valence electrons. The number of benzene rings is 1. The van der Waals surface area contributed by atoms with Gasteiger partial charge in [-0.1, -0.05) is 42.8 Å². The first-order valence-corrected chi connectivity index (χ1v) is 8.67. The summed E-state index contributed by atoms with van der Waals surface area (Å²) in [6.07, 6.45) is -4.49. The molecule has 0 saturated carbocycles. The monoisotopic (exact) mass is 432 g/mol. The first-order chi connectivity index (χ1) is 11.9. The van der Waals surface area contributed by atoms with Crippen LogP contribution in [0.5, 0.6) is 0 Å². The molecule has 2 rings (SSSR count). The van der Waals surface area contributed by atoms with Gasteiger partial charge in [0.2, 0.25) is 0 Å². The van der Waals surface area contributed by atoms with E-state index in [9.17, 15) is 18.0 Å². The van der Waals surface area contributed by atoms with Gasteiger partial charge in [-0.3, -0.25) is 0 Å². The number of rotatable bonds is 3. The van der Waals surface area contributed by atoms with E-state index in [0.717, 1.165) is 6.07 Å². The van der Waals surface area contributed by atoms with Crippen LogP contribution in [-0.4, -0.2) is 22.6 Å². The lowest BCUT2D eigenvalue weighted by Crippen LogP contribution is -2.21. The molecule has 1 aromatic carbocycles. The Morgan fingerprint density at radius 3 is 2.38 bits per heavy atom. The van der Waals surface area contributed by atoms with Gasteiger partial charge in [-0.15, -0.1) is 0 Å². The topological polar surface area (TPSA) is 44.1 Å². The fourth-order valence-electron chi connectivity index (χ4n) is 2.71. The van der Waals surface area contributed by atoms with Crippen molar-refractivity contribution in [1.82, 2.24) is 9.55 Å². The number of hydrogen-bond donors (Lipinski definition) is 0. The second-order valence-corrected chi connectivity index (χ2v) is 7.91. The van der Waals surface area contributed by atoms with Gasteiger partial charge in [0.05, 0.1) is 12.7 Å². The van der Waals surface area contributed by atoms with Crippen molar-refractivity contribution in [3.8, 4) is 0 Å². The van der Waals surface area contributed by atoms with Crippen molar-refractivity contribution in [2.45, 2.75) is 45.8 Å². The third-order valence-corrected chi connectivity index (χ3v) is 4.47. The van der Waals surface area contributed by atoms with Crippen LogP contribution in [0.25, 0.3) is 0 Å².